The lowest BCUT2D eigenvalue weighted by Crippen LogP contribution is -2.04. The molecule has 0 saturated heterocycles. The number of rotatable bonds is 20. The Morgan fingerprint density at radius 3 is 1.38 bits per heavy atom. The molecule has 2 N–H and O–H groups in total. The van der Waals surface area contributed by atoms with Gasteiger partial charge >= 0.3 is 11.9 Å². The number of phenols is 2. The molecule has 4 rings (SSSR count). The molecule has 0 bridgehead atoms. The van der Waals surface area contributed by atoms with E-state index in [9.17, 15) is 19.8 Å². The van der Waals surface area contributed by atoms with Crippen LogP contribution in [-0.4, -0.2) is 48.6 Å². The molecule has 14 nitrogen and oxygen atoms in total. The van der Waals surface area contributed by atoms with E-state index in [0.717, 1.165) is 17.7 Å². The van der Waals surface area contributed by atoms with E-state index in [1.165, 1.54) is 12.1 Å². The van der Waals surface area contributed by atoms with Crippen molar-refractivity contribution >= 4 is 46.1 Å². The van der Waals surface area contributed by atoms with Crippen molar-refractivity contribution < 1.29 is 38.7 Å². The van der Waals surface area contributed by atoms with Crippen molar-refractivity contribution in [2.45, 2.75) is 32.6 Å². The quantitative estimate of drug-likeness (QED) is 0.0390. The molecular weight excluding hydrogens is 680 g/mol. The molecule has 14 heteroatoms. The van der Waals surface area contributed by atoms with Gasteiger partial charge in [-0.3, -0.25) is 0 Å². The second-order valence-electron chi connectivity index (χ2n) is 11.2. The Kier molecular flexibility index (Phi) is 15.4. The van der Waals surface area contributed by atoms with Gasteiger partial charge in [0.15, 0.2) is 0 Å². The highest BCUT2D eigenvalue weighted by molar-refractivity contribution is 5.81. The summed E-state index contributed by atoms with van der Waals surface area (Å²) in [7, 11) is 0. The fourth-order valence-electron chi connectivity index (χ4n) is 4.34. The van der Waals surface area contributed by atoms with Crippen LogP contribution in [-0.2, 0) is 19.1 Å². The third kappa shape index (κ3) is 13.5. The molecular formula is C39H40N6O8. The molecule has 0 spiro atoms. The van der Waals surface area contributed by atoms with Crippen LogP contribution in [0.15, 0.2) is 135 Å². The number of esters is 2. The first-order chi connectivity index (χ1) is 25.7. The van der Waals surface area contributed by atoms with Gasteiger partial charge in [0.2, 0.25) is 0 Å². The van der Waals surface area contributed by atoms with Gasteiger partial charge in [-0.05, 0) is 105 Å². The van der Waals surface area contributed by atoms with E-state index in [1.54, 1.807) is 60.7 Å². The fraction of sp³-hybridized carbons (Fsp3) is 0.231. The van der Waals surface area contributed by atoms with Crippen LogP contribution in [0.5, 0.6) is 23.0 Å². The molecule has 53 heavy (non-hydrogen) atoms. The topological polar surface area (TPSA) is 186 Å². The summed E-state index contributed by atoms with van der Waals surface area (Å²) in [5, 5.41) is 46.1. The molecule has 274 valence electrons. The summed E-state index contributed by atoms with van der Waals surface area (Å²) < 4.78 is 21.1. The minimum atomic E-state index is -0.454. The maximum atomic E-state index is 11.1. The second kappa shape index (κ2) is 20.8. The summed E-state index contributed by atoms with van der Waals surface area (Å²) in [6.07, 6.45) is 4.87. The van der Waals surface area contributed by atoms with Crippen LogP contribution in [0.1, 0.15) is 31.2 Å². The molecule has 0 aliphatic rings. The molecule has 0 heterocycles. The number of aromatic hydroxyl groups is 2. The molecule has 0 aliphatic heterocycles. The van der Waals surface area contributed by atoms with Crippen LogP contribution >= 0.6 is 0 Å². The molecule has 0 aliphatic carbocycles. The maximum Gasteiger partial charge on any atom is 0.330 e. The monoisotopic (exact) mass is 720 g/mol. The standard InChI is InChI=1S/C39H40N6O8/c1-4-38(48)52-22-8-6-20-50-31-15-18-34(36(46)25-31)44-41-29-12-10-28(11-13-29)40-43-33-17-14-30(24-27(33)3)42-45-35-19-16-32(26-37(35)47)51-21-7-9-23-53-39(49)5-2/h4-5,10-19,24-26,46-47H,1-2,6-9,20-23H2,3H3/b43-40+,44-41+,45-42+. The highest BCUT2D eigenvalue weighted by Gasteiger charge is 2.06. The number of carbonyl (C=O) groups excluding carboxylic acids is 2. The largest absolute Gasteiger partial charge is 0.505 e. The third-order valence-corrected chi connectivity index (χ3v) is 7.18. The van der Waals surface area contributed by atoms with Gasteiger partial charge in [-0.25, -0.2) is 9.59 Å². The van der Waals surface area contributed by atoms with E-state index >= 15 is 0 Å². The number of ether oxygens (including phenoxy) is 4. The zero-order chi connectivity index (χ0) is 37.8. The molecule has 0 saturated carbocycles. The summed E-state index contributed by atoms with van der Waals surface area (Å²) in [5.41, 5.74) is 3.77. The number of benzene rings is 4. The normalized spacial score (nSPS) is 11.2. The number of phenolic OH excluding ortho intramolecular Hbond substituents is 2. The van der Waals surface area contributed by atoms with E-state index in [0.29, 0.717) is 73.1 Å². The Morgan fingerprint density at radius 2 is 0.943 bits per heavy atom. The minimum absolute atomic E-state index is 0.0747. The van der Waals surface area contributed by atoms with E-state index in [2.05, 4.69) is 43.8 Å². The Morgan fingerprint density at radius 1 is 0.547 bits per heavy atom. The number of hydrogen-bond acceptors (Lipinski definition) is 14. The van der Waals surface area contributed by atoms with Crippen LogP contribution < -0.4 is 9.47 Å². The van der Waals surface area contributed by atoms with Gasteiger partial charge in [0, 0.05) is 24.3 Å². The summed E-state index contributed by atoms with van der Waals surface area (Å²) in [4.78, 5) is 22.1. The number of carbonyl (C=O) groups is 2. The SMILES string of the molecule is C=CC(=O)OCCCCOc1ccc(/N=N/c2ccc(/N=N/c3ccc(/N=N/c4ccc(OCCCCOC(=O)C=C)cc4O)cc3C)cc2)c(O)c1. The van der Waals surface area contributed by atoms with Gasteiger partial charge in [-0.1, -0.05) is 13.2 Å². The first-order valence-electron chi connectivity index (χ1n) is 16.7. The van der Waals surface area contributed by atoms with Crippen molar-refractivity contribution in [3.8, 4) is 23.0 Å². The van der Waals surface area contributed by atoms with Gasteiger partial charge in [0.1, 0.15) is 34.4 Å². The highest BCUT2D eigenvalue weighted by Crippen LogP contribution is 2.34. The lowest BCUT2D eigenvalue weighted by Gasteiger charge is -2.07. The first-order valence-corrected chi connectivity index (χ1v) is 16.7. The summed E-state index contributed by atoms with van der Waals surface area (Å²) in [5.74, 6) is -0.0883. The molecule has 0 aromatic heterocycles. The summed E-state index contributed by atoms with van der Waals surface area (Å²) in [6, 6.07) is 21.8. The van der Waals surface area contributed by atoms with E-state index in [1.807, 2.05) is 13.0 Å². The van der Waals surface area contributed by atoms with Crippen LogP contribution in [0.2, 0.25) is 0 Å². The van der Waals surface area contributed by atoms with Gasteiger partial charge in [0.25, 0.3) is 0 Å². The molecule has 4 aromatic carbocycles. The molecule has 4 aromatic rings. The molecule has 0 fully saturated rings. The Hall–Kier alpha value is -6.70. The number of hydrogen-bond donors (Lipinski definition) is 2. The van der Waals surface area contributed by atoms with Crippen molar-refractivity contribution in [1.29, 1.82) is 0 Å². The number of unbranched alkanes of at least 4 members (excludes halogenated alkanes) is 2. The Balaban J connectivity index is 1.23. The van der Waals surface area contributed by atoms with Gasteiger partial charge < -0.3 is 29.2 Å². The lowest BCUT2D eigenvalue weighted by molar-refractivity contribution is -0.138. The lowest BCUT2D eigenvalue weighted by atomic mass is 10.2. The minimum Gasteiger partial charge on any atom is -0.505 e. The predicted molar refractivity (Wildman–Crippen MR) is 198 cm³/mol. The van der Waals surface area contributed by atoms with Crippen molar-refractivity contribution in [3.05, 3.63) is 110 Å². The average molecular weight is 721 g/mol. The van der Waals surface area contributed by atoms with Crippen LogP contribution in [0.25, 0.3) is 0 Å². The first kappa shape index (κ1) is 39.1. The van der Waals surface area contributed by atoms with Crippen molar-refractivity contribution in [2.75, 3.05) is 26.4 Å². The third-order valence-electron chi connectivity index (χ3n) is 7.18. The van der Waals surface area contributed by atoms with Crippen molar-refractivity contribution in [2.24, 2.45) is 30.7 Å². The zero-order valence-corrected chi connectivity index (χ0v) is 29.3. The summed E-state index contributed by atoms with van der Waals surface area (Å²) in [6.45, 7) is 9.95. The average Bonchev–Trinajstić information content (AvgIpc) is 3.16. The number of nitrogens with zero attached hydrogens (tertiary/aromatic N) is 6. The molecule has 0 unspecified atom stereocenters. The molecule has 0 amide bonds. The van der Waals surface area contributed by atoms with Crippen molar-refractivity contribution in [3.63, 3.8) is 0 Å². The Bertz CT molecular complexity index is 1960. The number of aryl methyl sites for hydroxylation is 1. The van der Waals surface area contributed by atoms with E-state index < -0.39 is 11.9 Å². The van der Waals surface area contributed by atoms with E-state index in [-0.39, 0.29) is 36.1 Å². The van der Waals surface area contributed by atoms with Crippen molar-refractivity contribution in [1.82, 2.24) is 0 Å². The second-order valence-corrected chi connectivity index (χ2v) is 11.2. The summed E-state index contributed by atoms with van der Waals surface area (Å²) >= 11 is 0. The van der Waals surface area contributed by atoms with Crippen LogP contribution in [0.3, 0.4) is 0 Å². The maximum absolute atomic E-state index is 11.1. The Labute approximate surface area is 306 Å². The van der Waals surface area contributed by atoms with Crippen LogP contribution in [0.4, 0.5) is 34.1 Å². The predicted octanol–water partition coefficient (Wildman–Crippen LogP) is 10.4. The van der Waals surface area contributed by atoms with Crippen LogP contribution in [0, 0.1) is 6.92 Å². The van der Waals surface area contributed by atoms with Gasteiger partial charge in [0.05, 0.1) is 49.2 Å². The zero-order valence-electron chi connectivity index (χ0n) is 29.3. The fourth-order valence-corrected chi connectivity index (χ4v) is 4.34. The van der Waals surface area contributed by atoms with Gasteiger partial charge in [-0.15, -0.1) is 10.2 Å². The smallest absolute Gasteiger partial charge is 0.330 e. The number of azo groups is 3. The molecule has 0 radical (unpaired) electrons. The molecule has 0 atom stereocenters. The van der Waals surface area contributed by atoms with E-state index in [4.69, 9.17) is 18.9 Å². The van der Waals surface area contributed by atoms with Gasteiger partial charge in [-0.2, -0.15) is 20.5 Å². The highest BCUT2D eigenvalue weighted by atomic mass is 16.5.